The molecule has 2 heterocycles. The number of carboxylic acids is 1. The highest BCUT2D eigenvalue weighted by Crippen LogP contribution is 2.34. The molecule has 0 amide bonds. The Morgan fingerprint density at radius 2 is 1.65 bits per heavy atom. The van der Waals surface area contributed by atoms with Crippen molar-refractivity contribution in [2.24, 2.45) is 0 Å². The van der Waals surface area contributed by atoms with E-state index in [0.29, 0.717) is 10.6 Å². The fraction of sp³-hybridized carbons (Fsp3) is 0.0588. The van der Waals surface area contributed by atoms with E-state index in [2.05, 4.69) is 9.97 Å². The van der Waals surface area contributed by atoms with E-state index in [1.165, 1.54) is 30.4 Å². The summed E-state index contributed by atoms with van der Waals surface area (Å²) < 4.78 is 0. The number of aromatic nitrogens is 2. The van der Waals surface area contributed by atoms with Crippen LogP contribution in [0.2, 0.25) is 0 Å². The van der Waals surface area contributed by atoms with Gasteiger partial charge in [0.25, 0.3) is 0 Å². The third kappa shape index (κ3) is 3.02. The summed E-state index contributed by atoms with van der Waals surface area (Å²) in [6.45, 7) is 1.50. The van der Waals surface area contributed by atoms with Gasteiger partial charge in [-0.2, -0.15) is 0 Å². The number of benzene rings is 1. The number of carbonyl (C=O) groups is 2. The molecule has 0 atom stereocenters. The minimum absolute atomic E-state index is 0.0693. The molecule has 0 aliphatic heterocycles. The van der Waals surface area contributed by atoms with Crippen molar-refractivity contribution in [3.63, 3.8) is 0 Å². The topological polar surface area (TPSA) is 80.2 Å². The van der Waals surface area contributed by atoms with Crippen molar-refractivity contribution >= 4 is 23.1 Å². The van der Waals surface area contributed by atoms with Gasteiger partial charge >= 0.3 is 5.97 Å². The Labute approximate surface area is 136 Å². The van der Waals surface area contributed by atoms with Crippen molar-refractivity contribution in [2.45, 2.75) is 6.92 Å². The van der Waals surface area contributed by atoms with Crippen LogP contribution in [0.4, 0.5) is 0 Å². The molecule has 0 saturated heterocycles. The fourth-order valence-electron chi connectivity index (χ4n) is 2.14. The van der Waals surface area contributed by atoms with Crippen LogP contribution in [-0.4, -0.2) is 26.8 Å². The second kappa shape index (κ2) is 6.10. The molecule has 3 rings (SSSR count). The first-order chi connectivity index (χ1) is 11.1. The van der Waals surface area contributed by atoms with Crippen molar-refractivity contribution in [2.75, 3.05) is 0 Å². The molecule has 0 saturated carbocycles. The van der Waals surface area contributed by atoms with Gasteiger partial charge in [0.15, 0.2) is 5.78 Å². The molecule has 0 fully saturated rings. The molecule has 0 spiro atoms. The first-order valence-corrected chi connectivity index (χ1v) is 7.64. The van der Waals surface area contributed by atoms with Crippen molar-refractivity contribution in [3.8, 4) is 21.8 Å². The molecule has 1 aromatic carbocycles. The Bertz CT molecular complexity index is 871. The SMILES string of the molecule is CC(=O)c1sc(-c2ccncc2)nc1-c1ccc(C(=O)O)cc1. The van der Waals surface area contributed by atoms with Gasteiger partial charge in [-0.15, -0.1) is 11.3 Å². The number of aromatic carboxylic acids is 1. The van der Waals surface area contributed by atoms with Gasteiger partial charge in [0, 0.05) is 30.4 Å². The maximum atomic E-state index is 11.9. The lowest BCUT2D eigenvalue weighted by molar-refractivity contribution is 0.0696. The van der Waals surface area contributed by atoms with Gasteiger partial charge in [-0.1, -0.05) is 12.1 Å². The van der Waals surface area contributed by atoms with E-state index in [4.69, 9.17) is 5.11 Å². The largest absolute Gasteiger partial charge is 0.478 e. The lowest BCUT2D eigenvalue weighted by Gasteiger charge is -2.00. The lowest BCUT2D eigenvalue weighted by atomic mass is 10.1. The van der Waals surface area contributed by atoms with Crippen LogP contribution in [0.3, 0.4) is 0 Å². The molecule has 0 aliphatic carbocycles. The fourth-order valence-corrected chi connectivity index (χ4v) is 3.13. The predicted molar refractivity (Wildman–Crippen MR) is 87.7 cm³/mol. The van der Waals surface area contributed by atoms with Crippen molar-refractivity contribution in [1.82, 2.24) is 9.97 Å². The van der Waals surface area contributed by atoms with E-state index in [1.54, 1.807) is 24.5 Å². The summed E-state index contributed by atoms with van der Waals surface area (Å²) in [6, 6.07) is 10.0. The molecular formula is C17H12N2O3S. The third-order valence-electron chi connectivity index (χ3n) is 3.28. The smallest absolute Gasteiger partial charge is 0.335 e. The van der Waals surface area contributed by atoms with Crippen LogP contribution in [0.1, 0.15) is 27.0 Å². The molecule has 114 valence electrons. The molecule has 0 radical (unpaired) electrons. The summed E-state index contributed by atoms with van der Waals surface area (Å²) >= 11 is 1.32. The summed E-state index contributed by atoms with van der Waals surface area (Å²) in [6.07, 6.45) is 3.34. The standard InChI is InChI=1S/C17H12N2O3S/c1-10(20)15-14(11-2-4-13(5-3-11)17(21)22)19-16(23-15)12-6-8-18-9-7-12/h2-9H,1H3,(H,21,22). The molecular weight excluding hydrogens is 312 g/mol. The third-order valence-corrected chi connectivity index (χ3v) is 4.48. The summed E-state index contributed by atoms with van der Waals surface area (Å²) in [5.74, 6) is -1.06. The number of hydrogen-bond donors (Lipinski definition) is 1. The molecule has 3 aromatic rings. The molecule has 2 aromatic heterocycles. The molecule has 0 aliphatic rings. The summed E-state index contributed by atoms with van der Waals surface area (Å²) in [4.78, 5) is 32.0. The van der Waals surface area contributed by atoms with Crippen LogP contribution in [0, 0.1) is 0 Å². The molecule has 23 heavy (non-hydrogen) atoms. The average molecular weight is 324 g/mol. The minimum Gasteiger partial charge on any atom is -0.478 e. The second-order valence-corrected chi connectivity index (χ2v) is 5.87. The quantitative estimate of drug-likeness (QED) is 0.739. The molecule has 0 bridgehead atoms. The Morgan fingerprint density at radius 3 is 2.22 bits per heavy atom. The highest BCUT2D eigenvalue weighted by atomic mass is 32.1. The summed E-state index contributed by atoms with van der Waals surface area (Å²) in [5.41, 5.74) is 2.38. The highest BCUT2D eigenvalue weighted by molar-refractivity contribution is 7.17. The normalized spacial score (nSPS) is 10.5. The summed E-state index contributed by atoms with van der Waals surface area (Å²) in [7, 11) is 0. The predicted octanol–water partition coefficient (Wildman–Crippen LogP) is 3.77. The van der Waals surface area contributed by atoms with Crippen LogP contribution in [0.25, 0.3) is 21.8 Å². The van der Waals surface area contributed by atoms with Gasteiger partial charge in [0.05, 0.1) is 16.1 Å². The number of pyridine rings is 1. The monoisotopic (exact) mass is 324 g/mol. The number of Topliss-reactive ketones (excluding diaryl/α,β-unsaturated/α-hetero) is 1. The van der Waals surface area contributed by atoms with Gasteiger partial charge in [-0.25, -0.2) is 9.78 Å². The number of rotatable bonds is 4. The number of ketones is 1. The maximum absolute atomic E-state index is 11.9. The Kier molecular flexibility index (Phi) is 3.99. The number of thiazole rings is 1. The van der Waals surface area contributed by atoms with Crippen LogP contribution in [0.15, 0.2) is 48.8 Å². The van der Waals surface area contributed by atoms with Gasteiger partial charge in [0.2, 0.25) is 0 Å². The lowest BCUT2D eigenvalue weighted by Crippen LogP contribution is -1.96. The Balaban J connectivity index is 2.09. The van der Waals surface area contributed by atoms with E-state index < -0.39 is 5.97 Å². The van der Waals surface area contributed by atoms with E-state index in [9.17, 15) is 9.59 Å². The number of nitrogens with zero attached hydrogens (tertiary/aromatic N) is 2. The zero-order chi connectivity index (χ0) is 16.4. The van der Waals surface area contributed by atoms with Gasteiger partial charge < -0.3 is 5.11 Å². The average Bonchev–Trinajstić information content (AvgIpc) is 3.01. The molecule has 5 nitrogen and oxygen atoms in total. The van der Waals surface area contributed by atoms with E-state index >= 15 is 0 Å². The Morgan fingerprint density at radius 1 is 1.00 bits per heavy atom. The zero-order valence-corrected chi connectivity index (χ0v) is 13.0. The van der Waals surface area contributed by atoms with E-state index in [-0.39, 0.29) is 11.3 Å². The van der Waals surface area contributed by atoms with Crippen molar-refractivity contribution in [1.29, 1.82) is 0 Å². The van der Waals surface area contributed by atoms with Crippen LogP contribution in [-0.2, 0) is 0 Å². The summed E-state index contributed by atoms with van der Waals surface area (Å²) in [5, 5.41) is 9.70. The zero-order valence-electron chi connectivity index (χ0n) is 12.2. The first-order valence-electron chi connectivity index (χ1n) is 6.82. The molecule has 6 heteroatoms. The van der Waals surface area contributed by atoms with Crippen LogP contribution >= 0.6 is 11.3 Å². The van der Waals surface area contributed by atoms with Crippen LogP contribution < -0.4 is 0 Å². The van der Waals surface area contributed by atoms with E-state index in [1.807, 2.05) is 12.1 Å². The van der Waals surface area contributed by atoms with Crippen LogP contribution in [0.5, 0.6) is 0 Å². The van der Waals surface area contributed by atoms with Crippen molar-refractivity contribution in [3.05, 3.63) is 59.2 Å². The highest BCUT2D eigenvalue weighted by Gasteiger charge is 2.17. The Hall–Kier alpha value is -2.86. The number of hydrogen-bond acceptors (Lipinski definition) is 5. The maximum Gasteiger partial charge on any atom is 0.335 e. The minimum atomic E-state index is -0.987. The second-order valence-electron chi connectivity index (χ2n) is 4.87. The van der Waals surface area contributed by atoms with Gasteiger partial charge in [0.1, 0.15) is 5.01 Å². The van der Waals surface area contributed by atoms with E-state index in [0.717, 1.165) is 16.1 Å². The molecule has 0 unspecified atom stereocenters. The number of carbonyl (C=O) groups excluding carboxylic acids is 1. The first kappa shape index (κ1) is 15.1. The van der Waals surface area contributed by atoms with Gasteiger partial charge in [-0.05, 0) is 24.3 Å². The molecule has 1 N–H and O–H groups in total. The van der Waals surface area contributed by atoms with Gasteiger partial charge in [-0.3, -0.25) is 9.78 Å². The van der Waals surface area contributed by atoms with Crippen molar-refractivity contribution < 1.29 is 14.7 Å². The number of carboxylic acid groups (broad SMARTS) is 1.